The van der Waals surface area contributed by atoms with Crippen molar-refractivity contribution in [2.45, 2.75) is 20.3 Å². The molecule has 0 aliphatic heterocycles. The van der Waals surface area contributed by atoms with Crippen LogP contribution < -0.4 is 19.9 Å². The maximum Gasteiger partial charge on any atom is 0.191 e. The molecule has 1 aromatic carbocycles. The van der Waals surface area contributed by atoms with Crippen molar-refractivity contribution in [2.75, 3.05) is 41.0 Å². The van der Waals surface area contributed by atoms with Crippen LogP contribution in [-0.4, -0.2) is 51.8 Å². The SMILES string of the molecule is CCN(CC)C(N)=NCCc1c(OC)cc(OC)cc1OC. The predicted octanol–water partition coefficient (Wildman–Crippen LogP) is 1.91. The molecule has 22 heavy (non-hydrogen) atoms. The van der Waals surface area contributed by atoms with Crippen LogP contribution in [0.4, 0.5) is 0 Å². The van der Waals surface area contributed by atoms with Gasteiger partial charge in [0.05, 0.1) is 21.3 Å². The summed E-state index contributed by atoms with van der Waals surface area (Å²) in [4.78, 5) is 6.45. The van der Waals surface area contributed by atoms with Gasteiger partial charge in [-0.1, -0.05) is 0 Å². The first-order chi connectivity index (χ1) is 10.6. The van der Waals surface area contributed by atoms with E-state index in [1.165, 1.54) is 0 Å². The van der Waals surface area contributed by atoms with E-state index in [0.29, 0.717) is 24.7 Å². The molecule has 0 bridgehead atoms. The Morgan fingerprint density at radius 3 is 2.00 bits per heavy atom. The third-order valence-corrected chi connectivity index (χ3v) is 3.54. The summed E-state index contributed by atoms with van der Waals surface area (Å²) >= 11 is 0. The number of benzene rings is 1. The van der Waals surface area contributed by atoms with Gasteiger partial charge in [-0.2, -0.15) is 0 Å². The van der Waals surface area contributed by atoms with Crippen molar-refractivity contribution < 1.29 is 14.2 Å². The maximum atomic E-state index is 5.98. The minimum atomic E-state index is 0.566. The van der Waals surface area contributed by atoms with E-state index < -0.39 is 0 Å². The van der Waals surface area contributed by atoms with Gasteiger partial charge in [0.25, 0.3) is 0 Å². The normalized spacial score (nSPS) is 11.2. The quantitative estimate of drug-likeness (QED) is 0.587. The molecule has 0 aromatic heterocycles. The van der Waals surface area contributed by atoms with Crippen LogP contribution in [0.15, 0.2) is 17.1 Å². The lowest BCUT2D eigenvalue weighted by molar-refractivity contribution is 0.369. The van der Waals surface area contributed by atoms with Crippen molar-refractivity contribution in [3.8, 4) is 17.2 Å². The summed E-state index contributed by atoms with van der Waals surface area (Å²) < 4.78 is 16.1. The number of hydrogen-bond acceptors (Lipinski definition) is 4. The fourth-order valence-electron chi connectivity index (χ4n) is 2.25. The van der Waals surface area contributed by atoms with Crippen LogP contribution in [0.25, 0.3) is 0 Å². The number of nitrogens with two attached hydrogens (primary N) is 1. The van der Waals surface area contributed by atoms with Gasteiger partial charge in [-0.15, -0.1) is 0 Å². The van der Waals surface area contributed by atoms with E-state index in [9.17, 15) is 0 Å². The summed E-state index contributed by atoms with van der Waals surface area (Å²) in [5.41, 5.74) is 6.94. The molecule has 0 saturated carbocycles. The summed E-state index contributed by atoms with van der Waals surface area (Å²) in [6, 6.07) is 3.69. The van der Waals surface area contributed by atoms with Gasteiger partial charge in [-0.05, 0) is 20.3 Å². The summed E-state index contributed by atoms with van der Waals surface area (Å²) in [5, 5.41) is 0. The van der Waals surface area contributed by atoms with Gasteiger partial charge < -0.3 is 24.8 Å². The number of hydrogen-bond donors (Lipinski definition) is 1. The smallest absolute Gasteiger partial charge is 0.191 e. The maximum absolute atomic E-state index is 5.98. The Morgan fingerprint density at radius 1 is 1.05 bits per heavy atom. The zero-order valence-corrected chi connectivity index (χ0v) is 14.2. The van der Waals surface area contributed by atoms with Crippen LogP contribution in [0.3, 0.4) is 0 Å². The molecule has 0 spiro atoms. The molecule has 124 valence electrons. The van der Waals surface area contributed by atoms with E-state index in [4.69, 9.17) is 19.9 Å². The topological polar surface area (TPSA) is 69.3 Å². The molecule has 2 N–H and O–H groups in total. The Balaban J connectivity index is 2.91. The van der Waals surface area contributed by atoms with Crippen molar-refractivity contribution in [1.29, 1.82) is 0 Å². The fraction of sp³-hybridized carbons (Fsp3) is 0.562. The van der Waals surface area contributed by atoms with E-state index >= 15 is 0 Å². The number of guanidine groups is 1. The Labute approximate surface area is 132 Å². The molecular weight excluding hydrogens is 282 g/mol. The molecule has 0 saturated heterocycles. The average Bonchev–Trinajstić information content (AvgIpc) is 2.55. The second-order valence-corrected chi connectivity index (χ2v) is 4.67. The summed E-state index contributed by atoms with van der Waals surface area (Å²) in [5.74, 6) is 2.72. The first-order valence-electron chi connectivity index (χ1n) is 7.44. The predicted molar refractivity (Wildman–Crippen MR) is 89.2 cm³/mol. The molecule has 6 nitrogen and oxygen atoms in total. The van der Waals surface area contributed by atoms with Gasteiger partial charge in [0.2, 0.25) is 0 Å². The highest BCUT2D eigenvalue weighted by Crippen LogP contribution is 2.34. The molecule has 6 heteroatoms. The lowest BCUT2D eigenvalue weighted by atomic mass is 10.1. The highest BCUT2D eigenvalue weighted by molar-refractivity contribution is 5.78. The second kappa shape index (κ2) is 9.02. The third kappa shape index (κ3) is 4.44. The van der Waals surface area contributed by atoms with Crippen molar-refractivity contribution in [2.24, 2.45) is 10.7 Å². The van der Waals surface area contributed by atoms with E-state index in [-0.39, 0.29) is 0 Å². The highest BCUT2D eigenvalue weighted by Gasteiger charge is 2.13. The van der Waals surface area contributed by atoms with Crippen molar-refractivity contribution in [1.82, 2.24) is 4.90 Å². The van der Waals surface area contributed by atoms with Crippen LogP contribution in [0, 0.1) is 0 Å². The Kier molecular flexibility index (Phi) is 7.36. The molecule has 0 amide bonds. The minimum Gasteiger partial charge on any atom is -0.496 e. The van der Waals surface area contributed by atoms with Gasteiger partial charge in [-0.25, -0.2) is 0 Å². The van der Waals surface area contributed by atoms with Crippen LogP contribution in [-0.2, 0) is 6.42 Å². The molecule has 0 aliphatic rings. The minimum absolute atomic E-state index is 0.566. The first kappa shape index (κ1) is 17.9. The second-order valence-electron chi connectivity index (χ2n) is 4.67. The Morgan fingerprint density at radius 2 is 1.59 bits per heavy atom. The van der Waals surface area contributed by atoms with Gasteiger partial charge in [-0.3, -0.25) is 4.99 Å². The van der Waals surface area contributed by atoms with Crippen LogP contribution in [0.1, 0.15) is 19.4 Å². The van der Waals surface area contributed by atoms with Gasteiger partial charge >= 0.3 is 0 Å². The van der Waals surface area contributed by atoms with E-state index in [1.807, 2.05) is 17.0 Å². The van der Waals surface area contributed by atoms with Gasteiger partial charge in [0, 0.05) is 37.3 Å². The zero-order chi connectivity index (χ0) is 16.5. The van der Waals surface area contributed by atoms with Crippen LogP contribution in [0.2, 0.25) is 0 Å². The fourth-order valence-corrected chi connectivity index (χ4v) is 2.25. The lowest BCUT2D eigenvalue weighted by Gasteiger charge is -2.19. The molecule has 0 atom stereocenters. The van der Waals surface area contributed by atoms with Gasteiger partial charge in [0.1, 0.15) is 17.2 Å². The molecule has 1 rings (SSSR count). The molecule has 0 aliphatic carbocycles. The number of ether oxygens (including phenoxy) is 3. The van der Waals surface area contributed by atoms with E-state index in [1.54, 1.807) is 21.3 Å². The van der Waals surface area contributed by atoms with Crippen molar-refractivity contribution >= 4 is 5.96 Å². The molecular formula is C16H27N3O3. The van der Waals surface area contributed by atoms with Crippen LogP contribution in [0.5, 0.6) is 17.2 Å². The highest BCUT2D eigenvalue weighted by atomic mass is 16.5. The van der Waals surface area contributed by atoms with E-state index in [2.05, 4.69) is 18.8 Å². The number of nitrogens with zero attached hydrogens (tertiary/aromatic N) is 2. The molecule has 1 aromatic rings. The zero-order valence-electron chi connectivity index (χ0n) is 14.2. The Bertz CT molecular complexity index is 474. The summed E-state index contributed by atoms with van der Waals surface area (Å²) in [6.07, 6.45) is 0.679. The summed E-state index contributed by atoms with van der Waals surface area (Å²) in [7, 11) is 4.87. The standard InChI is InChI=1S/C16H27N3O3/c1-6-19(7-2)16(17)18-9-8-13-14(21-4)10-12(20-3)11-15(13)22-5/h10-11H,6-9H2,1-5H3,(H2,17,18). The van der Waals surface area contributed by atoms with Crippen LogP contribution >= 0.6 is 0 Å². The lowest BCUT2D eigenvalue weighted by Crippen LogP contribution is -2.37. The third-order valence-electron chi connectivity index (χ3n) is 3.54. The number of methoxy groups -OCH3 is 3. The molecule has 0 radical (unpaired) electrons. The molecule has 0 fully saturated rings. The first-order valence-corrected chi connectivity index (χ1v) is 7.44. The average molecular weight is 309 g/mol. The van der Waals surface area contributed by atoms with Crippen molar-refractivity contribution in [3.05, 3.63) is 17.7 Å². The van der Waals surface area contributed by atoms with Crippen molar-refractivity contribution in [3.63, 3.8) is 0 Å². The van der Waals surface area contributed by atoms with E-state index in [0.717, 1.165) is 30.2 Å². The molecule has 0 heterocycles. The largest absolute Gasteiger partial charge is 0.496 e. The van der Waals surface area contributed by atoms with Gasteiger partial charge in [0.15, 0.2) is 5.96 Å². The Hall–Kier alpha value is -2.11. The monoisotopic (exact) mass is 309 g/mol. The number of aliphatic imine (C=N–C) groups is 1. The summed E-state index contributed by atoms with van der Waals surface area (Å²) in [6.45, 7) is 6.38. The molecule has 0 unspecified atom stereocenters. The number of rotatable bonds is 8.